The van der Waals surface area contributed by atoms with Crippen LogP contribution in [0.25, 0.3) is 5.57 Å². The summed E-state index contributed by atoms with van der Waals surface area (Å²) in [6.45, 7) is 9.06. The van der Waals surface area contributed by atoms with E-state index >= 15 is 0 Å². The zero-order valence-corrected chi connectivity index (χ0v) is 22.6. The number of ether oxygens (including phenoxy) is 1. The fourth-order valence-electron chi connectivity index (χ4n) is 5.73. The van der Waals surface area contributed by atoms with Crippen LogP contribution >= 0.6 is 0 Å². The Labute approximate surface area is 232 Å². The van der Waals surface area contributed by atoms with E-state index < -0.39 is 0 Å². The Morgan fingerprint density at radius 1 is 0.974 bits per heavy atom. The summed E-state index contributed by atoms with van der Waals surface area (Å²) in [5.74, 6) is 0.176. The van der Waals surface area contributed by atoms with Crippen molar-refractivity contribution in [2.24, 2.45) is 0 Å². The standard InChI is InChI=1S/C36H37NO2/c1-3-12-27(4-2)13-11-24-39-35(29-14-6-5-7-15-29)30-22-20-28(21-23-30)31-17-10-18-33(25-31)37-26-32-16-8-9-19-34(32)36(37)38/h3-9,12,14-17,19-23,33,35H,1-2,10-11,13,18,24-26H2/b27-12+. The van der Waals surface area contributed by atoms with Crippen LogP contribution in [-0.4, -0.2) is 23.5 Å². The third-order valence-electron chi connectivity index (χ3n) is 7.81. The number of amides is 1. The summed E-state index contributed by atoms with van der Waals surface area (Å²) in [5, 5.41) is 0. The lowest BCUT2D eigenvalue weighted by Gasteiger charge is -2.31. The number of nitrogens with zero attached hydrogens (tertiary/aromatic N) is 1. The summed E-state index contributed by atoms with van der Waals surface area (Å²) in [6, 6.07) is 27.5. The fraction of sp³-hybridized carbons (Fsp3) is 0.250. The normalized spacial score (nSPS) is 17.9. The maximum Gasteiger partial charge on any atom is 0.254 e. The predicted molar refractivity (Wildman–Crippen MR) is 160 cm³/mol. The van der Waals surface area contributed by atoms with Crippen LogP contribution in [0.4, 0.5) is 0 Å². The Balaban J connectivity index is 1.27. The molecule has 0 fully saturated rings. The van der Waals surface area contributed by atoms with E-state index in [2.05, 4.69) is 78.7 Å². The number of benzene rings is 3. The van der Waals surface area contributed by atoms with Crippen molar-refractivity contribution in [1.29, 1.82) is 0 Å². The first kappa shape index (κ1) is 26.6. The Hall–Kier alpha value is -3.95. The number of hydrogen-bond donors (Lipinski definition) is 0. The molecule has 1 heterocycles. The van der Waals surface area contributed by atoms with Gasteiger partial charge in [0.15, 0.2) is 0 Å². The molecule has 1 aliphatic heterocycles. The van der Waals surface area contributed by atoms with Crippen LogP contribution in [0, 0.1) is 0 Å². The van der Waals surface area contributed by atoms with Crippen LogP contribution in [0.15, 0.2) is 122 Å². The lowest BCUT2D eigenvalue weighted by molar-refractivity contribution is 0.0695. The molecule has 3 heteroatoms. The largest absolute Gasteiger partial charge is 0.369 e. The van der Waals surface area contributed by atoms with Gasteiger partial charge in [-0.2, -0.15) is 0 Å². The Morgan fingerprint density at radius 3 is 2.46 bits per heavy atom. The minimum Gasteiger partial charge on any atom is -0.369 e. The molecule has 0 bridgehead atoms. The van der Waals surface area contributed by atoms with E-state index in [1.54, 1.807) is 6.08 Å². The van der Waals surface area contributed by atoms with Crippen molar-refractivity contribution >= 4 is 11.5 Å². The second kappa shape index (κ2) is 12.7. The Bertz CT molecular complexity index is 1370. The number of carbonyl (C=O) groups is 1. The first-order chi connectivity index (χ1) is 19.2. The molecule has 0 spiro atoms. The van der Waals surface area contributed by atoms with Crippen LogP contribution in [0.5, 0.6) is 0 Å². The molecule has 0 saturated carbocycles. The SMILES string of the molecule is C=C/C=C(\C=C)CCCOC(c1ccccc1)c1ccc(C2=CCCC(N3Cc4ccccc4C3=O)C2)cc1. The quantitative estimate of drug-likeness (QED) is 0.189. The van der Waals surface area contributed by atoms with Gasteiger partial charge in [0.2, 0.25) is 0 Å². The van der Waals surface area contributed by atoms with Crippen LogP contribution < -0.4 is 0 Å². The topological polar surface area (TPSA) is 29.5 Å². The molecule has 198 valence electrons. The molecule has 39 heavy (non-hydrogen) atoms. The molecule has 2 atom stereocenters. The van der Waals surface area contributed by atoms with Crippen LogP contribution in [0.2, 0.25) is 0 Å². The van der Waals surface area contributed by atoms with Crippen molar-refractivity contribution < 1.29 is 9.53 Å². The molecule has 0 N–H and O–H groups in total. The second-order valence-corrected chi connectivity index (χ2v) is 10.3. The summed E-state index contributed by atoms with van der Waals surface area (Å²) >= 11 is 0. The number of rotatable bonds is 11. The van der Waals surface area contributed by atoms with Gasteiger partial charge in [-0.3, -0.25) is 4.79 Å². The highest BCUT2D eigenvalue weighted by molar-refractivity contribution is 5.98. The molecule has 3 aromatic rings. The van der Waals surface area contributed by atoms with Gasteiger partial charge in [0.05, 0.1) is 0 Å². The lowest BCUT2D eigenvalue weighted by Crippen LogP contribution is -2.36. The van der Waals surface area contributed by atoms with Crippen molar-refractivity contribution in [3.63, 3.8) is 0 Å². The molecule has 2 aliphatic rings. The van der Waals surface area contributed by atoms with E-state index in [0.717, 1.165) is 60.9 Å². The zero-order chi connectivity index (χ0) is 27.0. The highest BCUT2D eigenvalue weighted by atomic mass is 16.5. The molecule has 1 aliphatic carbocycles. The number of fused-ring (bicyclic) bond motifs is 1. The molecule has 5 rings (SSSR count). The van der Waals surface area contributed by atoms with Crippen LogP contribution in [0.3, 0.4) is 0 Å². The Kier molecular flexibility index (Phi) is 8.70. The molecular weight excluding hydrogens is 478 g/mol. The van der Waals surface area contributed by atoms with Gasteiger partial charge in [-0.1, -0.05) is 110 Å². The predicted octanol–water partition coefficient (Wildman–Crippen LogP) is 8.46. The molecule has 0 radical (unpaired) electrons. The molecule has 3 aromatic carbocycles. The second-order valence-electron chi connectivity index (χ2n) is 10.3. The maximum atomic E-state index is 13.1. The van der Waals surface area contributed by atoms with Crippen molar-refractivity contribution in [2.45, 2.75) is 50.8 Å². The first-order valence-electron chi connectivity index (χ1n) is 14.0. The number of carbonyl (C=O) groups excluding carboxylic acids is 1. The first-order valence-corrected chi connectivity index (χ1v) is 14.0. The number of allylic oxidation sites excluding steroid dienone is 5. The fourth-order valence-corrected chi connectivity index (χ4v) is 5.73. The van der Waals surface area contributed by atoms with E-state index in [-0.39, 0.29) is 18.1 Å². The zero-order valence-electron chi connectivity index (χ0n) is 22.6. The minimum atomic E-state index is -0.121. The highest BCUT2D eigenvalue weighted by Gasteiger charge is 2.33. The van der Waals surface area contributed by atoms with Gasteiger partial charge in [0.1, 0.15) is 6.10 Å². The van der Waals surface area contributed by atoms with Crippen LogP contribution in [0.1, 0.15) is 70.8 Å². The van der Waals surface area contributed by atoms with E-state index in [9.17, 15) is 4.79 Å². The van der Waals surface area contributed by atoms with Crippen molar-refractivity contribution in [3.8, 4) is 0 Å². The van der Waals surface area contributed by atoms with E-state index in [4.69, 9.17) is 4.74 Å². The van der Waals surface area contributed by atoms with Gasteiger partial charge in [0, 0.05) is 24.8 Å². The van der Waals surface area contributed by atoms with Gasteiger partial charge < -0.3 is 9.64 Å². The van der Waals surface area contributed by atoms with Crippen molar-refractivity contribution in [1.82, 2.24) is 4.90 Å². The summed E-state index contributed by atoms with van der Waals surface area (Å²) in [4.78, 5) is 15.1. The smallest absolute Gasteiger partial charge is 0.254 e. The molecule has 0 aromatic heterocycles. The van der Waals surface area contributed by atoms with Gasteiger partial charge in [-0.05, 0) is 71.6 Å². The molecule has 1 amide bonds. The monoisotopic (exact) mass is 515 g/mol. The van der Waals surface area contributed by atoms with Crippen molar-refractivity contribution in [3.05, 3.63) is 150 Å². The third kappa shape index (κ3) is 6.21. The average molecular weight is 516 g/mol. The average Bonchev–Trinajstić information content (AvgIpc) is 3.33. The number of hydrogen-bond acceptors (Lipinski definition) is 2. The van der Waals surface area contributed by atoms with E-state index in [1.165, 1.54) is 16.7 Å². The molecular formula is C36H37NO2. The summed E-state index contributed by atoms with van der Waals surface area (Å²) < 4.78 is 6.45. The molecule has 0 saturated heterocycles. The Morgan fingerprint density at radius 2 is 1.72 bits per heavy atom. The summed E-state index contributed by atoms with van der Waals surface area (Å²) in [5.41, 5.74) is 8.03. The summed E-state index contributed by atoms with van der Waals surface area (Å²) in [6.07, 6.45) is 12.6. The van der Waals surface area contributed by atoms with Gasteiger partial charge in [-0.15, -0.1) is 0 Å². The third-order valence-corrected chi connectivity index (χ3v) is 7.81. The maximum absolute atomic E-state index is 13.1. The summed E-state index contributed by atoms with van der Waals surface area (Å²) in [7, 11) is 0. The molecule has 3 nitrogen and oxygen atoms in total. The highest BCUT2D eigenvalue weighted by Crippen LogP contribution is 2.35. The lowest BCUT2D eigenvalue weighted by atomic mass is 9.88. The van der Waals surface area contributed by atoms with Crippen molar-refractivity contribution in [2.75, 3.05) is 6.61 Å². The molecule has 2 unspecified atom stereocenters. The van der Waals surface area contributed by atoms with Gasteiger partial charge >= 0.3 is 0 Å². The van der Waals surface area contributed by atoms with E-state index in [1.807, 2.05) is 36.4 Å². The van der Waals surface area contributed by atoms with Crippen LogP contribution in [-0.2, 0) is 11.3 Å². The van der Waals surface area contributed by atoms with Gasteiger partial charge in [0.25, 0.3) is 5.91 Å². The van der Waals surface area contributed by atoms with Gasteiger partial charge in [-0.25, -0.2) is 0 Å². The minimum absolute atomic E-state index is 0.121. The van der Waals surface area contributed by atoms with E-state index in [0.29, 0.717) is 6.61 Å².